The zero-order chi connectivity index (χ0) is 40.9. The summed E-state index contributed by atoms with van der Waals surface area (Å²) in [6.07, 6.45) is -15.7. The first-order chi connectivity index (χ1) is 28.0. The van der Waals surface area contributed by atoms with Gasteiger partial charge in [-0.3, -0.25) is 0 Å². The van der Waals surface area contributed by atoms with E-state index in [0.29, 0.717) is 10.9 Å². The average Bonchev–Trinajstić information content (AvgIpc) is 3.23. The molecule has 0 amide bonds. The van der Waals surface area contributed by atoms with Crippen LogP contribution < -0.4 is 10.4 Å². The molecule has 0 spiro atoms. The minimum absolute atomic E-state index is 0.0904. The molecule has 2 aliphatic heterocycles. The molecule has 3 heterocycles. The first-order valence-electron chi connectivity index (χ1n) is 18.4. The zero-order valence-corrected chi connectivity index (χ0v) is 31.2. The van der Waals surface area contributed by atoms with Crippen molar-refractivity contribution in [2.45, 2.75) is 75.3 Å². The molecule has 0 radical (unpaired) electrons. The van der Waals surface area contributed by atoms with Gasteiger partial charge in [0.15, 0.2) is 30.7 Å². The van der Waals surface area contributed by atoms with Crippen LogP contribution in [0, 0.1) is 6.92 Å². The summed E-state index contributed by atoms with van der Waals surface area (Å²) in [4.78, 5) is 53.1. The normalized spacial score (nSPS) is 27.0. The number of fused-ring (bicyclic) bond motifs is 1. The third-order valence-electron chi connectivity index (χ3n) is 9.78. The van der Waals surface area contributed by atoms with Gasteiger partial charge in [-0.25, -0.2) is 19.2 Å². The van der Waals surface area contributed by atoms with Crippen LogP contribution in [0.1, 0.15) is 43.6 Å². The standard InChI is InChI=1S/C43H40O15/c1-23-20-32(45)53-30-21-28(18-19-29(23)30)52-42-36(34(47)33(46)31(22-44)54-42)58-43-38(57-41(50)27-16-10-5-11-17-27)37(56-40(49)26-14-8-4-9-15-26)35(24(2)51-43)55-39(48)25-12-6-3-7-13-25/h3-21,24,31,33-38,42-44,46-47H,22H2,1-2H3/t24?,31?,33-,34-,35+,36-,37-,38-,42+,43-/m0/s1. The van der Waals surface area contributed by atoms with Crippen LogP contribution in [0.15, 0.2) is 124 Å². The molecule has 302 valence electrons. The van der Waals surface area contributed by atoms with Crippen LogP contribution in [0.2, 0.25) is 0 Å². The van der Waals surface area contributed by atoms with Crippen molar-refractivity contribution >= 4 is 28.9 Å². The second-order valence-electron chi connectivity index (χ2n) is 13.7. The van der Waals surface area contributed by atoms with Gasteiger partial charge in [-0.2, -0.15) is 0 Å². The number of hydrogen-bond donors (Lipinski definition) is 3. The second-order valence-corrected chi connectivity index (χ2v) is 13.7. The highest BCUT2D eigenvalue weighted by molar-refractivity contribution is 5.91. The van der Waals surface area contributed by atoms with Crippen molar-refractivity contribution in [3.63, 3.8) is 0 Å². The quantitative estimate of drug-likeness (QED) is 0.0990. The lowest BCUT2D eigenvalue weighted by Gasteiger charge is -2.47. The molecule has 2 fully saturated rings. The summed E-state index contributed by atoms with van der Waals surface area (Å²) >= 11 is 0. The fraction of sp³-hybridized carbons (Fsp3) is 0.302. The van der Waals surface area contributed by atoms with E-state index in [1.54, 1.807) is 73.7 Å². The van der Waals surface area contributed by atoms with Crippen LogP contribution in [0.25, 0.3) is 11.0 Å². The second kappa shape index (κ2) is 17.7. The number of ether oxygens (including phenoxy) is 7. The van der Waals surface area contributed by atoms with Gasteiger partial charge in [0.05, 0.1) is 29.4 Å². The highest BCUT2D eigenvalue weighted by Gasteiger charge is 2.55. The molecular weight excluding hydrogens is 756 g/mol. The van der Waals surface area contributed by atoms with E-state index in [1.165, 1.54) is 55.5 Å². The van der Waals surface area contributed by atoms with E-state index in [2.05, 4.69) is 0 Å². The maximum Gasteiger partial charge on any atom is 0.338 e. The molecule has 15 nitrogen and oxygen atoms in total. The van der Waals surface area contributed by atoms with Gasteiger partial charge < -0.3 is 52.9 Å². The van der Waals surface area contributed by atoms with Crippen molar-refractivity contribution in [3.8, 4) is 5.75 Å². The smallest absolute Gasteiger partial charge is 0.338 e. The largest absolute Gasteiger partial charge is 0.462 e. The third kappa shape index (κ3) is 8.79. The maximum atomic E-state index is 13.8. The Labute approximate surface area is 331 Å². The number of esters is 3. The van der Waals surface area contributed by atoms with E-state index in [0.717, 1.165) is 0 Å². The molecular formula is C43H40O15. The van der Waals surface area contributed by atoms with Gasteiger partial charge in [0.25, 0.3) is 0 Å². The van der Waals surface area contributed by atoms with Gasteiger partial charge >= 0.3 is 23.5 Å². The predicted octanol–water partition coefficient (Wildman–Crippen LogP) is 3.73. The lowest BCUT2D eigenvalue weighted by molar-refractivity contribution is -0.353. The predicted molar refractivity (Wildman–Crippen MR) is 202 cm³/mol. The summed E-state index contributed by atoms with van der Waals surface area (Å²) in [5.41, 5.74) is 0.661. The molecule has 7 rings (SSSR count). The van der Waals surface area contributed by atoms with Gasteiger partial charge in [0.1, 0.15) is 29.6 Å². The van der Waals surface area contributed by atoms with Crippen LogP contribution in [0.4, 0.5) is 0 Å². The number of carbonyl (C=O) groups excluding carboxylic acids is 3. The van der Waals surface area contributed by atoms with Gasteiger partial charge in [-0.1, -0.05) is 54.6 Å². The Morgan fingerprint density at radius 2 is 1.17 bits per heavy atom. The van der Waals surface area contributed by atoms with Crippen LogP contribution in [0.3, 0.4) is 0 Å². The van der Waals surface area contributed by atoms with Crippen molar-refractivity contribution in [1.82, 2.24) is 0 Å². The van der Waals surface area contributed by atoms with Crippen molar-refractivity contribution < 1.29 is 67.3 Å². The highest BCUT2D eigenvalue weighted by Crippen LogP contribution is 2.35. The van der Waals surface area contributed by atoms with Gasteiger partial charge in [-0.05, 0) is 67.9 Å². The SMILES string of the molecule is Cc1cc(=O)oc2cc(O[C@@H]3OC(CO)[C@H](O)[C@H](O)[C@@H]3O[C@@H]3OC(C)[C@@H](OC(=O)c4ccccc4)[C@H](OC(=O)c4ccccc4)[C@@H]3OC(=O)c3ccccc3)ccc12. The summed E-state index contributed by atoms with van der Waals surface area (Å²) < 4.78 is 48.0. The summed E-state index contributed by atoms with van der Waals surface area (Å²) in [5.74, 6) is -2.46. The Morgan fingerprint density at radius 1 is 0.638 bits per heavy atom. The molecule has 2 aliphatic rings. The fourth-order valence-corrected chi connectivity index (χ4v) is 6.77. The fourth-order valence-electron chi connectivity index (χ4n) is 6.77. The van der Waals surface area contributed by atoms with E-state index >= 15 is 0 Å². The first kappa shape index (κ1) is 40.3. The molecule has 1 aromatic heterocycles. The Bertz CT molecular complexity index is 2260. The first-order valence-corrected chi connectivity index (χ1v) is 18.4. The van der Waals surface area contributed by atoms with E-state index in [1.807, 2.05) is 0 Å². The van der Waals surface area contributed by atoms with Gasteiger partial charge in [0, 0.05) is 17.5 Å². The molecule has 3 N–H and O–H groups in total. The molecule has 5 aromatic rings. The van der Waals surface area contributed by atoms with Crippen LogP contribution >= 0.6 is 0 Å². The number of carbonyl (C=O) groups is 3. The Balaban J connectivity index is 1.26. The third-order valence-corrected chi connectivity index (χ3v) is 9.78. The van der Waals surface area contributed by atoms with E-state index < -0.39 is 91.6 Å². The summed E-state index contributed by atoms with van der Waals surface area (Å²) in [6.45, 7) is 2.53. The van der Waals surface area contributed by atoms with Crippen LogP contribution in [-0.4, -0.2) is 101 Å². The van der Waals surface area contributed by atoms with E-state index in [9.17, 15) is 34.5 Å². The minimum Gasteiger partial charge on any atom is -0.462 e. The van der Waals surface area contributed by atoms with Crippen molar-refractivity contribution in [2.75, 3.05) is 6.61 Å². The number of hydrogen-bond acceptors (Lipinski definition) is 15. The Kier molecular flexibility index (Phi) is 12.3. The number of aryl methyl sites for hydroxylation is 1. The van der Waals surface area contributed by atoms with Crippen molar-refractivity contribution in [3.05, 3.63) is 148 Å². The summed E-state index contributed by atoms with van der Waals surface area (Å²) in [5, 5.41) is 33.2. The lowest BCUT2D eigenvalue weighted by Crippen LogP contribution is -2.66. The molecule has 10 atom stereocenters. The highest BCUT2D eigenvalue weighted by atomic mass is 16.8. The molecule has 15 heteroatoms. The van der Waals surface area contributed by atoms with Crippen LogP contribution in [0.5, 0.6) is 5.75 Å². The monoisotopic (exact) mass is 796 g/mol. The molecule has 0 aliphatic carbocycles. The summed E-state index contributed by atoms with van der Waals surface area (Å²) in [7, 11) is 0. The Hall–Kier alpha value is -5.94. The molecule has 4 aromatic carbocycles. The van der Waals surface area contributed by atoms with Crippen molar-refractivity contribution in [1.29, 1.82) is 0 Å². The van der Waals surface area contributed by atoms with Crippen molar-refractivity contribution in [2.24, 2.45) is 0 Å². The topological polar surface area (TPSA) is 207 Å². The lowest BCUT2D eigenvalue weighted by atomic mass is 9.96. The number of rotatable bonds is 11. The van der Waals surface area contributed by atoms with Gasteiger partial charge in [-0.15, -0.1) is 0 Å². The maximum absolute atomic E-state index is 13.8. The number of benzene rings is 4. The van der Waals surface area contributed by atoms with Gasteiger partial charge in [0.2, 0.25) is 6.29 Å². The molecule has 0 saturated carbocycles. The number of aliphatic hydroxyl groups is 3. The zero-order valence-electron chi connectivity index (χ0n) is 31.2. The van der Waals surface area contributed by atoms with Crippen LogP contribution in [-0.2, 0) is 28.4 Å². The van der Waals surface area contributed by atoms with E-state index in [-0.39, 0.29) is 28.0 Å². The Morgan fingerprint density at radius 3 is 1.72 bits per heavy atom. The molecule has 2 unspecified atom stereocenters. The summed E-state index contributed by atoms with van der Waals surface area (Å²) in [6, 6.07) is 29.8. The molecule has 0 bridgehead atoms. The number of aliphatic hydroxyl groups excluding tert-OH is 3. The average molecular weight is 797 g/mol. The molecule has 2 saturated heterocycles. The molecule has 58 heavy (non-hydrogen) atoms. The van der Waals surface area contributed by atoms with E-state index in [4.69, 9.17) is 37.6 Å². The minimum atomic E-state index is -1.82.